The van der Waals surface area contributed by atoms with Gasteiger partial charge in [0.05, 0.1) is 6.61 Å². The fourth-order valence-corrected chi connectivity index (χ4v) is 0.911. The number of aromatic nitrogens is 1. The van der Waals surface area contributed by atoms with Crippen molar-refractivity contribution in [1.82, 2.24) is 4.98 Å². The van der Waals surface area contributed by atoms with E-state index in [4.69, 9.17) is 9.84 Å². The molecule has 0 aliphatic heterocycles. The third-order valence-corrected chi connectivity index (χ3v) is 1.57. The average molecular weight is 197 g/mol. The number of carbonyl (C=O) groups is 1. The number of nitrogens with one attached hydrogen (secondary N) is 1. The number of carboxylic acids is 1. The second kappa shape index (κ2) is 4.45. The van der Waals surface area contributed by atoms with Crippen LogP contribution in [0, 0.1) is 0 Å². The SMILES string of the molecule is CCCOc1ccc(C(=O)O)[nH]c1=O. The molecule has 0 saturated carbocycles. The quantitative estimate of drug-likeness (QED) is 0.750. The lowest BCUT2D eigenvalue weighted by molar-refractivity contribution is 0.0690. The summed E-state index contributed by atoms with van der Waals surface area (Å²) in [5.74, 6) is -1.01. The molecular weight excluding hydrogens is 186 g/mol. The highest BCUT2D eigenvalue weighted by Gasteiger charge is 2.06. The van der Waals surface area contributed by atoms with Crippen molar-refractivity contribution in [2.24, 2.45) is 0 Å². The highest BCUT2D eigenvalue weighted by molar-refractivity contribution is 5.85. The smallest absolute Gasteiger partial charge is 0.352 e. The highest BCUT2D eigenvalue weighted by Crippen LogP contribution is 2.03. The Bertz CT molecular complexity index is 383. The van der Waals surface area contributed by atoms with Crippen LogP contribution in [0.3, 0.4) is 0 Å². The third-order valence-electron chi connectivity index (χ3n) is 1.57. The van der Waals surface area contributed by atoms with Crippen LogP contribution in [0.4, 0.5) is 0 Å². The van der Waals surface area contributed by atoms with Gasteiger partial charge in [0.15, 0.2) is 5.75 Å². The zero-order valence-corrected chi connectivity index (χ0v) is 7.74. The monoisotopic (exact) mass is 197 g/mol. The van der Waals surface area contributed by atoms with E-state index in [2.05, 4.69) is 4.98 Å². The molecule has 76 valence electrons. The Hall–Kier alpha value is -1.78. The second-order valence-corrected chi connectivity index (χ2v) is 2.72. The molecule has 0 spiro atoms. The lowest BCUT2D eigenvalue weighted by Crippen LogP contribution is -2.15. The van der Waals surface area contributed by atoms with E-state index >= 15 is 0 Å². The summed E-state index contributed by atoms with van der Waals surface area (Å²) in [6.45, 7) is 2.36. The van der Waals surface area contributed by atoms with Crippen molar-refractivity contribution >= 4 is 5.97 Å². The normalized spacial score (nSPS) is 9.79. The van der Waals surface area contributed by atoms with Gasteiger partial charge in [0.1, 0.15) is 5.69 Å². The molecule has 1 aromatic heterocycles. The number of ether oxygens (including phenoxy) is 1. The lowest BCUT2D eigenvalue weighted by atomic mass is 10.3. The third kappa shape index (κ3) is 2.35. The van der Waals surface area contributed by atoms with Crippen LogP contribution in [0.15, 0.2) is 16.9 Å². The summed E-state index contributed by atoms with van der Waals surface area (Å²) in [5.41, 5.74) is -0.655. The minimum absolute atomic E-state index is 0.140. The van der Waals surface area contributed by atoms with Crippen LogP contribution in [-0.2, 0) is 0 Å². The highest BCUT2D eigenvalue weighted by atomic mass is 16.5. The van der Waals surface area contributed by atoms with E-state index in [1.807, 2.05) is 6.92 Å². The molecule has 0 fully saturated rings. The number of aromatic carboxylic acids is 1. The molecule has 5 heteroatoms. The van der Waals surface area contributed by atoms with Gasteiger partial charge in [-0.05, 0) is 18.6 Å². The second-order valence-electron chi connectivity index (χ2n) is 2.72. The van der Waals surface area contributed by atoms with E-state index < -0.39 is 11.5 Å². The van der Waals surface area contributed by atoms with Gasteiger partial charge in [0.2, 0.25) is 0 Å². The van der Waals surface area contributed by atoms with Crippen LogP contribution in [0.5, 0.6) is 5.75 Å². The number of hydrogen-bond donors (Lipinski definition) is 2. The van der Waals surface area contributed by atoms with Crippen molar-refractivity contribution in [3.63, 3.8) is 0 Å². The summed E-state index contributed by atoms with van der Waals surface area (Å²) in [6.07, 6.45) is 0.792. The number of rotatable bonds is 4. The van der Waals surface area contributed by atoms with Crippen molar-refractivity contribution in [1.29, 1.82) is 0 Å². The molecule has 0 atom stereocenters. The Kier molecular flexibility index (Phi) is 3.28. The topological polar surface area (TPSA) is 79.4 Å². The summed E-state index contributed by atoms with van der Waals surface area (Å²) in [4.78, 5) is 23.9. The van der Waals surface area contributed by atoms with E-state index in [9.17, 15) is 9.59 Å². The van der Waals surface area contributed by atoms with Gasteiger partial charge in [0.25, 0.3) is 5.56 Å². The van der Waals surface area contributed by atoms with E-state index in [-0.39, 0.29) is 11.4 Å². The van der Waals surface area contributed by atoms with Crippen molar-refractivity contribution in [3.05, 3.63) is 28.2 Å². The maximum Gasteiger partial charge on any atom is 0.352 e. The summed E-state index contributed by atoms with van der Waals surface area (Å²) < 4.78 is 5.08. The lowest BCUT2D eigenvalue weighted by Gasteiger charge is -2.02. The fourth-order valence-electron chi connectivity index (χ4n) is 0.911. The van der Waals surface area contributed by atoms with Crippen LogP contribution in [0.25, 0.3) is 0 Å². The predicted molar refractivity (Wildman–Crippen MR) is 49.8 cm³/mol. The number of hydrogen-bond acceptors (Lipinski definition) is 3. The van der Waals surface area contributed by atoms with E-state index in [0.29, 0.717) is 6.61 Å². The van der Waals surface area contributed by atoms with Gasteiger partial charge in [-0.2, -0.15) is 0 Å². The Balaban J connectivity index is 2.90. The first kappa shape index (κ1) is 10.3. The molecule has 0 bridgehead atoms. The number of aromatic amines is 1. The van der Waals surface area contributed by atoms with Gasteiger partial charge in [0, 0.05) is 0 Å². The first-order valence-electron chi connectivity index (χ1n) is 4.24. The number of carboxylic acid groups (broad SMARTS) is 1. The molecule has 0 amide bonds. The molecule has 1 aromatic rings. The molecule has 0 saturated heterocycles. The van der Waals surface area contributed by atoms with Crippen LogP contribution in [-0.4, -0.2) is 22.7 Å². The van der Waals surface area contributed by atoms with Crippen LogP contribution < -0.4 is 10.3 Å². The van der Waals surface area contributed by atoms with Crippen molar-refractivity contribution in [2.45, 2.75) is 13.3 Å². The Morgan fingerprint density at radius 2 is 2.29 bits per heavy atom. The van der Waals surface area contributed by atoms with Crippen molar-refractivity contribution < 1.29 is 14.6 Å². The van der Waals surface area contributed by atoms with Gasteiger partial charge in [-0.3, -0.25) is 4.79 Å². The van der Waals surface area contributed by atoms with E-state index in [1.165, 1.54) is 12.1 Å². The molecule has 0 aliphatic rings. The Labute approximate surface area is 80.3 Å². The van der Waals surface area contributed by atoms with E-state index in [0.717, 1.165) is 6.42 Å². The molecule has 5 nitrogen and oxygen atoms in total. The molecule has 2 N–H and O–H groups in total. The van der Waals surface area contributed by atoms with Gasteiger partial charge >= 0.3 is 5.97 Å². The minimum Gasteiger partial charge on any atom is -0.488 e. The molecular formula is C9H11NO4. The summed E-state index contributed by atoms with van der Waals surface area (Å²) in [7, 11) is 0. The summed E-state index contributed by atoms with van der Waals surface area (Å²) in [6, 6.07) is 2.66. The largest absolute Gasteiger partial charge is 0.488 e. The van der Waals surface area contributed by atoms with Crippen LogP contribution in [0.2, 0.25) is 0 Å². The number of H-pyrrole nitrogens is 1. The zero-order valence-electron chi connectivity index (χ0n) is 7.74. The predicted octanol–water partition coefficient (Wildman–Crippen LogP) is 0.862. The number of pyridine rings is 1. The van der Waals surface area contributed by atoms with Gasteiger partial charge in [-0.1, -0.05) is 6.92 Å². The molecule has 1 heterocycles. The molecule has 0 aromatic carbocycles. The first-order valence-corrected chi connectivity index (χ1v) is 4.24. The van der Waals surface area contributed by atoms with Crippen LogP contribution >= 0.6 is 0 Å². The summed E-state index contributed by atoms with van der Waals surface area (Å²) in [5, 5.41) is 8.57. The standard InChI is InChI=1S/C9H11NO4/c1-2-5-14-7-4-3-6(9(12)13)10-8(7)11/h3-4H,2,5H2,1H3,(H,10,11)(H,12,13). The molecule has 0 aliphatic carbocycles. The first-order chi connectivity index (χ1) is 6.65. The molecule has 14 heavy (non-hydrogen) atoms. The van der Waals surface area contributed by atoms with Crippen molar-refractivity contribution in [2.75, 3.05) is 6.61 Å². The molecule has 0 radical (unpaired) electrons. The van der Waals surface area contributed by atoms with Crippen molar-refractivity contribution in [3.8, 4) is 5.75 Å². The van der Waals surface area contributed by atoms with Gasteiger partial charge < -0.3 is 14.8 Å². The summed E-state index contributed by atoms with van der Waals surface area (Å²) >= 11 is 0. The maximum atomic E-state index is 11.2. The Morgan fingerprint density at radius 3 is 2.79 bits per heavy atom. The fraction of sp³-hybridized carbons (Fsp3) is 0.333. The molecule has 0 unspecified atom stereocenters. The molecule has 1 rings (SSSR count). The maximum absolute atomic E-state index is 11.2. The van der Waals surface area contributed by atoms with Gasteiger partial charge in [-0.15, -0.1) is 0 Å². The zero-order chi connectivity index (χ0) is 10.6. The average Bonchev–Trinajstić information content (AvgIpc) is 2.15. The van der Waals surface area contributed by atoms with E-state index in [1.54, 1.807) is 0 Å². The minimum atomic E-state index is -1.16. The van der Waals surface area contributed by atoms with Gasteiger partial charge in [-0.25, -0.2) is 4.79 Å². The Morgan fingerprint density at radius 1 is 1.57 bits per heavy atom. The van der Waals surface area contributed by atoms with Crippen LogP contribution in [0.1, 0.15) is 23.8 Å².